The van der Waals surface area contributed by atoms with Crippen molar-refractivity contribution in [3.63, 3.8) is 0 Å². The van der Waals surface area contributed by atoms with Gasteiger partial charge in [-0.05, 0) is 30.3 Å². The van der Waals surface area contributed by atoms with E-state index < -0.39 is 23.3 Å². The summed E-state index contributed by atoms with van der Waals surface area (Å²) in [5.41, 5.74) is 5.43. The van der Waals surface area contributed by atoms with Crippen LogP contribution in [0.5, 0.6) is 0 Å². The molecule has 0 amide bonds. The minimum atomic E-state index is -1.60. The van der Waals surface area contributed by atoms with Gasteiger partial charge in [-0.1, -0.05) is 0 Å². The lowest BCUT2D eigenvalue weighted by Gasteiger charge is -2.10. The third kappa shape index (κ3) is 2.22. The molecule has 0 saturated heterocycles. The lowest BCUT2D eigenvalue weighted by atomic mass is 10.2. The molecule has 18 heavy (non-hydrogen) atoms. The first kappa shape index (κ1) is 12.2. The van der Waals surface area contributed by atoms with E-state index >= 15 is 0 Å². The Hall–Kier alpha value is -2.24. The van der Waals surface area contributed by atoms with E-state index in [1.807, 2.05) is 0 Å². The van der Waals surface area contributed by atoms with Gasteiger partial charge in [0, 0.05) is 0 Å². The fourth-order valence-corrected chi connectivity index (χ4v) is 1.40. The molecule has 3 N–H and O–H groups in total. The molecule has 2 nitrogen and oxygen atoms in total. The maximum absolute atomic E-state index is 13.4. The Kier molecular flexibility index (Phi) is 3.10. The first-order valence-electron chi connectivity index (χ1n) is 4.94. The zero-order chi connectivity index (χ0) is 13.3. The Morgan fingerprint density at radius 2 is 1.56 bits per heavy atom. The predicted octanol–water partition coefficient (Wildman–Crippen LogP) is 3.57. The summed E-state index contributed by atoms with van der Waals surface area (Å²) in [6.07, 6.45) is 0. The summed E-state index contributed by atoms with van der Waals surface area (Å²) in [4.78, 5) is 0. The normalized spacial score (nSPS) is 10.4. The highest BCUT2D eigenvalue weighted by atomic mass is 19.2. The second-order valence-corrected chi connectivity index (χ2v) is 3.58. The molecule has 0 unspecified atom stereocenters. The third-order valence-electron chi connectivity index (χ3n) is 2.32. The average molecular weight is 256 g/mol. The van der Waals surface area contributed by atoms with E-state index in [-0.39, 0.29) is 17.1 Å². The van der Waals surface area contributed by atoms with E-state index in [0.717, 1.165) is 24.3 Å². The van der Waals surface area contributed by atoms with Crippen LogP contribution in [0.3, 0.4) is 0 Å². The predicted molar refractivity (Wildman–Crippen MR) is 60.4 cm³/mol. The van der Waals surface area contributed by atoms with Gasteiger partial charge in [-0.3, -0.25) is 0 Å². The van der Waals surface area contributed by atoms with Gasteiger partial charge in [0.25, 0.3) is 0 Å². The number of benzene rings is 2. The number of rotatable bonds is 2. The fraction of sp³-hybridized carbons (Fsp3) is 0. The molecule has 2 aromatic carbocycles. The van der Waals surface area contributed by atoms with Crippen molar-refractivity contribution in [3.8, 4) is 0 Å². The molecule has 0 fully saturated rings. The lowest BCUT2D eigenvalue weighted by Crippen LogP contribution is -2.01. The minimum Gasteiger partial charge on any atom is -0.397 e. The van der Waals surface area contributed by atoms with E-state index in [4.69, 9.17) is 5.73 Å². The lowest BCUT2D eigenvalue weighted by molar-refractivity contribution is 0.449. The molecule has 2 aromatic rings. The highest BCUT2D eigenvalue weighted by Gasteiger charge is 2.14. The van der Waals surface area contributed by atoms with Crippen LogP contribution < -0.4 is 11.1 Å². The molecule has 0 atom stereocenters. The first-order valence-corrected chi connectivity index (χ1v) is 4.94. The number of nitrogens with two attached hydrogens (primary N) is 1. The third-order valence-corrected chi connectivity index (χ3v) is 2.32. The Bertz CT molecular complexity index is 599. The molecule has 0 heterocycles. The van der Waals surface area contributed by atoms with E-state index in [9.17, 15) is 17.6 Å². The van der Waals surface area contributed by atoms with Gasteiger partial charge in [-0.25, -0.2) is 17.6 Å². The van der Waals surface area contributed by atoms with Crippen molar-refractivity contribution in [1.29, 1.82) is 0 Å². The Morgan fingerprint density at radius 3 is 2.28 bits per heavy atom. The molecule has 0 saturated carbocycles. The summed E-state index contributed by atoms with van der Waals surface area (Å²) in [7, 11) is 0. The van der Waals surface area contributed by atoms with Crippen molar-refractivity contribution in [3.05, 3.63) is 53.6 Å². The van der Waals surface area contributed by atoms with Gasteiger partial charge < -0.3 is 11.1 Å². The highest BCUT2D eigenvalue weighted by molar-refractivity contribution is 5.72. The second-order valence-electron chi connectivity index (χ2n) is 3.58. The van der Waals surface area contributed by atoms with Crippen LogP contribution in [0, 0.1) is 23.3 Å². The van der Waals surface area contributed by atoms with Crippen molar-refractivity contribution in [2.75, 3.05) is 11.1 Å². The van der Waals surface area contributed by atoms with E-state index in [1.54, 1.807) is 0 Å². The Balaban J connectivity index is 2.40. The van der Waals surface area contributed by atoms with Crippen molar-refractivity contribution in [1.82, 2.24) is 0 Å². The van der Waals surface area contributed by atoms with Crippen molar-refractivity contribution < 1.29 is 17.6 Å². The largest absolute Gasteiger partial charge is 0.397 e. The molecule has 0 spiro atoms. The minimum absolute atomic E-state index is 0.0694. The molecular formula is C12H8F4N2. The maximum atomic E-state index is 13.4. The number of hydrogen-bond donors (Lipinski definition) is 2. The molecule has 2 rings (SSSR count). The van der Waals surface area contributed by atoms with Gasteiger partial charge in [0.05, 0.1) is 17.1 Å². The molecule has 0 bridgehead atoms. The van der Waals surface area contributed by atoms with Gasteiger partial charge in [0.15, 0.2) is 17.5 Å². The number of anilines is 3. The van der Waals surface area contributed by atoms with Gasteiger partial charge in [0.2, 0.25) is 0 Å². The number of nitrogen functional groups attached to an aromatic ring is 1. The van der Waals surface area contributed by atoms with Gasteiger partial charge >= 0.3 is 0 Å². The summed E-state index contributed by atoms with van der Waals surface area (Å²) in [5, 5.41) is 2.40. The van der Waals surface area contributed by atoms with Crippen LogP contribution in [0.2, 0.25) is 0 Å². The standard InChI is InChI=1S/C12H8F4N2/c13-6-1-3-8(17)10(5-6)18-9-4-2-7(14)11(15)12(9)16/h1-5,18H,17H2. The summed E-state index contributed by atoms with van der Waals surface area (Å²) in [6.45, 7) is 0. The summed E-state index contributed by atoms with van der Waals surface area (Å²) >= 11 is 0. The van der Waals surface area contributed by atoms with Gasteiger partial charge in [-0.15, -0.1) is 0 Å². The van der Waals surface area contributed by atoms with E-state index in [0.29, 0.717) is 0 Å². The van der Waals surface area contributed by atoms with Crippen molar-refractivity contribution in [2.24, 2.45) is 0 Å². The zero-order valence-corrected chi connectivity index (χ0v) is 8.98. The molecule has 0 radical (unpaired) electrons. The first-order chi connectivity index (χ1) is 8.49. The second kappa shape index (κ2) is 4.56. The van der Waals surface area contributed by atoms with E-state index in [2.05, 4.69) is 5.32 Å². The molecule has 94 valence electrons. The molecule has 0 aromatic heterocycles. The molecule has 0 aliphatic carbocycles. The number of halogens is 4. The van der Waals surface area contributed by atoms with Crippen LogP contribution in [0.15, 0.2) is 30.3 Å². The van der Waals surface area contributed by atoms with Crippen LogP contribution in [-0.2, 0) is 0 Å². The fourth-order valence-electron chi connectivity index (χ4n) is 1.40. The van der Waals surface area contributed by atoms with Crippen LogP contribution in [-0.4, -0.2) is 0 Å². The Labute approximate surface area is 100 Å². The summed E-state index contributed by atoms with van der Waals surface area (Å²) < 4.78 is 52.0. The highest BCUT2D eigenvalue weighted by Crippen LogP contribution is 2.27. The number of nitrogens with one attached hydrogen (secondary N) is 1. The van der Waals surface area contributed by atoms with Gasteiger partial charge in [0.1, 0.15) is 5.82 Å². The Morgan fingerprint density at radius 1 is 0.833 bits per heavy atom. The monoisotopic (exact) mass is 256 g/mol. The van der Waals surface area contributed by atoms with E-state index in [1.165, 1.54) is 6.07 Å². The maximum Gasteiger partial charge on any atom is 0.196 e. The SMILES string of the molecule is Nc1ccc(F)cc1Nc1ccc(F)c(F)c1F. The quantitative estimate of drug-likeness (QED) is 0.489. The average Bonchev–Trinajstić information content (AvgIpc) is 2.34. The molecule has 6 heteroatoms. The van der Waals surface area contributed by atoms with Crippen LogP contribution in [0.4, 0.5) is 34.6 Å². The van der Waals surface area contributed by atoms with Crippen LogP contribution in [0.1, 0.15) is 0 Å². The molecular weight excluding hydrogens is 248 g/mol. The van der Waals surface area contributed by atoms with Crippen LogP contribution in [0.25, 0.3) is 0 Å². The smallest absolute Gasteiger partial charge is 0.196 e. The summed E-state index contributed by atoms with van der Waals surface area (Å²) in [5.74, 6) is -4.88. The van der Waals surface area contributed by atoms with Crippen molar-refractivity contribution >= 4 is 17.1 Å². The number of hydrogen-bond acceptors (Lipinski definition) is 2. The van der Waals surface area contributed by atoms with Crippen LogP contribution >= 0.6 is 0 Å². The molecule has 0 aliphatic heterocycles. The zero-order valence-electron chi connectivity index (χ0n) is 8.98. The molecule has 0 aliphatic rings. The summed E-state index contributed by atoms with van der Waals surface area (Å²) in [6, 6.07) is 5.18. The van der Waals surface area contributed by atoms with Gasteiger partial charge in [-0.2, -0.15) is 0 Å². The van der Waals surface area contributed by atoms with Crippen molar-refractivity contribution in [2.45, 2.75) is 0 Å². The topological polar surface area (TPSA) is 38.0 Å².